The molecule has 0 aromatic heterocycles. The second kappa shape index (κ2) is 10.1. The molecule has 1 unspecified atom stereocenters. The number of hydrogen-bond acceptors (Lipinski definition) is 0. The van der Waals surface area contributed by atoms with Crippen molar-refractivity contribution in [3.63, 3.8) is 0 Å². The van der Waals surface area contributed by atoms with Crippen LogP contribution in [0.1, 0.15) is 51.7 Å². The Morgan fingerprint density at radius 2 is 1.52 bits per heavy atom. The van der Waals surface area contributed by atoms with E-state index in [1.165, 1.54) is 45.0 Å². The molecule has 0 radical (unpaired) electrons. The van der Waals surface area contributed by atoms with E-state index < -0.39 is 0 Å². The monoisotopic (exact) mass is 358 g/mol. The maximum absolute atomic E-state index is 4.05. The summed E-state index contributed by atoms with van der Waals surface area (Å²) < 4.78 is 0. The number of hydrogen-bond donors (Lipinski definition) is 0. The molecule has 0 heterocycles. The van der Waals surface area contributed by atoms with Gasteiger partial charge in [-0.25, -0.2) is 0 Å². The van der Waals surface area contributed by atoms with Crippen molar-refractivity contribution < 1.29 is 0 Å². The number of aryl methyl sites for hydroxylation is 2. The van der Waals surface area contributed by atoms with Gasteiger partial charge in [-0.1, -0.05) is 80.9 Å². The van der Waals surface area contributed by atoms with Crippen LogP contribution in [0.25, 0.3) is 21.9 Å². The second-order valence-electron chi connectivity index (χ2n) is 7.51. The van der Waals surface area contributed by atoms with E-state index in [9.17, 15) is 0 Å². The topological polar surface area (TPSA) is 0 Å². The Kier molecular flexibility index (Phi) is 7.85. The Balaban J connectivity index is 0.00000126. The van der Waals surface area contributed by atoms with E-state index in [0.29, 0.717) is 5.92 Å². The number of allylic oxidation sites excluding steroid dienone is 1. The van der Waals surface area contributed by atoms with E-state index in [2.05, 4.69) is 88.0 Å². The minimum absolute atomic E-state index is 0.696. The van der Waals surface area contributed by atoms with Crippen molar-refractivity contribution in [2.45, 2.75) is 53.9 Å². The molecule has 0 nitrogen and oxygen atoms in total. The van der Waals surface area contributed by atoms with Gasteiger partial charge in [0.15, 0.2) is 0 Å². The zero-order valence-electron chi connectivity index (χ0n) is 17.7. The van der Waals surface area contributed by atoms with Crippen molar-refractivity contribution in [2.75, 3.05) is 0 Å². The molecule has 0 amide bonds. The summed E-state index contributed by atoms with van der Waals surface area (Å²) in [4.78, 5) is 0. The Labute approximate surface area is 166 Å². The Hall–Kier alpha value is -2.34. The molecule has 0 spiro atoms. The molecule has 0 saturated carbocycles. The van der Waals surface area contributed by atoms with E-state index in [1.54, 1.807) is 0 Å². The predicted molar refractivity (Wildman–Crippen MR) is 122 cm³/mol. The number of rotatable bonds is 6. The number of benzene rings is 3. The average molecular weight is 359 g/mol. The van der Waals surface area contributed by atoms with Crippen LogP contribution in [0.4, 0.5) is 0 Å². The maximum atomic E-state index is 4.05. The lowest BCUT2D eigenvalue weighted by Crippen LogP contribution is -1.99. The van der Waals surface area contributed by atoms with Crippen LogP contribution in [-0.2, 0) is 6.42 Å². The third-order valence-electron chi connectivity index (χ3n) is 5.04. The highest BCUT2D eigenvalue weighted by molar-refractivity contribution is 5.87. The summed E-state index contributed by atoms with van der Waals surface area (Å²) in [7, 11) is 0. The third-order valence-corrected chi connectivity index (χ3v) is 5.04. The van der Waals surface area contributed by atoms with Gasteiger partial charge < -0.3 is 0 Å². The van der Waals surface area contributed by atoms with Gasteiger partial charge in [0.05, 0.1) is 0 Å². The molecule has 0 fully saturated rings. The molecule has 0 bridgehead atoms. The number of fused-ring (bicyclic) bond motifs is 1. The molecule has 1 atom stereocenters. The third kappa shape index (κ3) is 5.82. The SMILES string of the molecule is C=C(C)CC(C)CCc1cc(-c2ccc3ccccc3c2)ccc1C.CC. The van der Waals surface area contributed by atoms with Gasteiger partial charge in [-0.15, -0.1) is 6.58 Å². The lowest BCUT2D eigenvalue weighted by molar-refractivity contribution is 0.528. The largest absolute Gasteiger partial charge is 0.100 e. The van der Waals surface area contributed by atoms with E-state index in [4.69, 9.17) is 0 Å². The molecule has 0 aliphatic rings. The Morgan fingerprint density at radius 1 is 0.889 bits per heavy atom. The van der Waals surface area contributed by atoms with E-state index in [0.717, 1.165) is 12.8 Å². The van der Waals surface area contributed by atoms with Gasteiger partial charge in [0.2, 0.25) is 0 Å². The fourth-order valence-corrected chi connectivity index (χ4v) is 3.59. The van der Waals surface area contributed by atoms with Crippen molar-refractivity contribution in [3.05, 3.63) is 83.9 Å². The summed E-state index contributed by atoms with van der Waals surface area (Å²) in [6, 6.07) is 22.2. The predicted octanol–water partition coefficient (Wildman–Crippen LogP) is 8.38. The molecule has 0 saturated heterocycles. The standard InChI is InChI=1S/C25H28.C2H6/c1-18(2)15-19(3)9-11-22-16-24(12-10-20(22)4)25-14-13-21-7-5-6-8-23(21)17-25;1-2/h5-8,10,12-14,16-17,19H,1,9,11,15H2,2-4H3;1-2H3. The first kappa shape index (κ1) is 21.0. The zero-order chi connectivity index (χ0) is 19.8. The van der Waals surface area contributed by atoms with Crippen LogP contribution in [0.3, 0.4) is 0 Å². The smallest absolute Gasteiger partial charge is 0.0178 e. The maximum Gasteiger partial charge on any atom is -0.0178 e. The van der Waals surface area contributed by atoms with E-state index in [-0.39, 0.29) is 0 Å². The molecule has 3 aromatic rings. The lowest BCUT2D eigenvalue weighted by Gasteiger charge is -2.14. The lowest BCUT2D eigenvalue weighted by atomic mass is 9.92. The van der Waals surface area contributed by atoms with Crippen LogP contribution < -0.4 is 0 Å². The zero-order valence-corrected chi connectivity index (χ0v) is 17.7. The van der Waals surface area contributed by atoms with Crippen LogP contribution in [0, 0.1) is 12.8 Å². The van der Waals surface area contributed by atoms with Crippen molar-refractivity contribution >= 4 is 10.8 Å². The van der Waals surface area contributed by atoms with Crippen LogP contribution >= 0.6 is 0 Å². The van der Waals surface area contributed by atoms with Gasteiger partial charge in [-0.3, -0.25) is 0 Å². The average Bonchev–Trinajstić information content (AvgIpc) is 2.68. The highest BCUT2D eigenvalue weighted by Gasteiger charge is 2.07. The molecule has 0 heteroatoms. The van der Waals surface area contributed by atoms with Gasteiger partial charge in [-0.2, -0.15) is 0 Å². The molecule has 27 heavy (non-hydrogen) atoms. The fourth-order valence-electron chi connectivity index (χ4n) is 3.59. The van der Waals surface area contributed by atoms with Crippen molar-refractivity contribution in [1.82, 2.24) is 0 Å². The summed E-state index contributed by atoms with van der Waals surface area (Å²) >= 11 is 0. The summed E-state index contributed by atoms with van der Waals surface area (Å²) in [5.74, 6) is 0.696. The van der Waals surface area contributed by atoms with Crippen molar-refractivity contribution in [3.8, 4) is 11.1 Å². The minimum Gasteiger partial charge on any atom is -0.100 e. The van der Waals surface area contributed by atoms with Gasteiger partial charge in [0.25, 0.3) is 0 Å². The Bertz CT molecular complexity index is 885. The fraction of sp³-hybridized carbons (Fsp3) is 0.333. The first-order valence-corrected chi connectivity index (χ1v) is 10.3. The molecular formula is C27H34. The summed E-state index contributed by atoms with van der Waals surface area (Å²) in [5, 5.41) is 2.60. The van der Waals surface area contributed by atoms with E-state index >= 15 is 0 Å². The van der Waals surface area contributed by atoms with Crippen LogP contribution in [0.15, 0.2) is 72.8 Å². The van der Waals surface area contributed by atoms with Crippen molar-refractivity contribution in [1.29, 1.82) is 0 Å². The first-order chi connectivity index (χ1) is 13.0. The van der Waals surface area contributed by atoms with Crippen LogP contribution in [0.5, 0.6) is 0 Å². The first-order valence-electron chi connectivity index (χ1n) is 10.3. The van der Waals surface area contributed by atoms with Crippen LogP contribution in [-0.4, -0.2) is 0 Å². The summed E-state index contributed by atoms with van der Waals surface area (Å²) in [6.07, 6.45) is 3.49. The van der Waals surface area contributed by atoms with Crippen molar-refractivity contribution in [2.24, 2.45) is 5.92 Å². The molecule has 3 rings (SSSR count). The quantitative estimate of drug-likeness (QED) is 0.388. The van der Waals surface area contributed by atoms with Gasteiger partial charge in [0, 0.05) is 0 Å². The molecule has 0 N–H and O–H groups in total. The van der Waals surface area contributed by atoms with Gasteiger partial charge in [-0.05, 0) is 78.1 Å². The normalized spacial score (nSPS) is 11.6. The van der Waals surface area contributed by atoms with Gasteiger partial charge >= 0.3 is 0 Å². The molecule has 0 aliphatic carbocycles. The van der Waals surface area contributed by atoms with Crippen LogP contribution in [0.2, 0.25) is 0 Å². The molecule has 0 aliphatic heterocycles. The van der Waals surface area contributed by atoms with Gasteiger partial charge in [0.1, 0.15) is 0 Å². The molecule has 3 aromatic carbocycles. The Morgan fingerprint density at radius 3 is 2.22 bits per heavy atom. The highest BCUT2D eigenvalue weighted by Crippen LogP contribution is 2.27. The molecular weight excluding hydrogens is 324 g/mol. The second-order valence-corrected chi connectivity index (χ2v) is 7.51. The minimum atomic E-state index is 0.696. The molecule has 142 valence electrons. The van der Waals surface area contributed by atoms with E-state index in [1.807, 2.05) is 13.8 Å². The highest BCUT2D eigenvalue weighted by atomic mass is 14.1. The summed E-state index contributed by atoms with van der Waals surface area (Å²) in [5.41, 5.74) is 6.77. The summed E-state index contributed by atoms with van der Waals surface area (Å²) in [6.45, 7) is 14.7.